The van der Waals surface area contributed by atoms with Crippen LogP contribution in [0.5, 0.6) is 0 Å². The molecular formula is C25H30FN5. The number of nitrogens with one attached hydrogen (secondary N) is 1. The van der Waals surface area contributed by atoms with Crippen molar-refractivity contribution in [2.24, 2.45) is 11.5 Å². The highest BCUT2D eigenvalue weighted by Crippen LogP contribution is 2.27. The van der Waals surface area contributed by atoms with Gasteiger partial charge in [0.05, 0.1) is 0 Å². The van der Waals surface area contributed by atoms with E-state index >= 15 is 0 Å². The van der Waals surface area contributed by atoms with E-state index in [1.165, 1.54) is 11.1 Å². The molecule has 162 valence electrons. The van der Waals surface area contributed by atoms with Crippen molar-refractivity contribution in [1.82, 2.24) is 4.90 Å². The topological polar surface area (TPSA) is 82.4 Å². The predicted octanol–water partition coefficient (Wildman–Crippen LogP) is 3.77. The van der Waals surface area contributed by atoms with Crippen LogP contribution >= 0.6 is 0 Å². The molecule has 0 amide bonds. The van der Waals surface area contributed by atoms with Crippen molar-refractivity contribution in [3.63, 3.8) is 0 Å². The highest BCUT2D eigenvalue weighted by molar-refractivity contribution is 5.71. The van der Waals surface area contributed by atoms with E-state index in [4.69, 9.17) is 5.41 Å². The quantitative estimate of drug-likeness (QED) is 0.434. The van der Waals surface area contributed by atoms with Crippen molar-refractivity contribution < 1.29 is 4.39 Å². The van der Waals surface area contributed by atoms with Crippen molar-refractivity contribution in [1.29, 1.82) is 5.41 Å². The van der Waals surface area contributed by atoms with Crippen LogP contribution < -0.4 is 16.4 Å². The molecule has 1 aliphatic rings. The van der Waals surface area contributed by atoms with Gasteiger partial charge in [0.25, 0.3) is 0 Å². The van der Waals surface area contributed by atoms with Crippen LogP contribution in [0.15, 0.2) is 84.9 Å². The maximum Gasteiger partial charge on any atom is 0.183 e. The average Bonchev–Trinajstić information content (AvgIpc) is 2.79. The van der Waals surface area contributed by atoms with Gasteiger partial charge in [0.1, 0.15) is 5.82 Å². The first-order chi connectivity index (χ1) is 15.0. The van der Waals surface area contributed by atoms with E-state index in [1.54, 1.807) is 12.1 Å². The zero-order valence-corrected chi connectivity index (χ0v) is 17.6. The number of nitrogens with zero attached hydrogens (tertiary/aromatic N) is 2. The minimum atomic E-state index is -0.333. The molecule has 0 saturated carbocycles. The summed E-state index contributed by atoms with van der Waals surface area (Å²) < 4.78 is 13.2. The molecule has 0 bridgehead atoms. The number of halogens is 1. The molecule has 1 atom stereocenters. The lowest BCUT2D eigenvalue weighted by atomic mass is 9.96. The van der Waals surface area contributed by atoms with Crippen LogP contribution in [0, 0.1) is 11.2 Å². The van der Waals surface area contributed by atoms with Gasteiger partial charge in [0, 0.05) is 37.9 Å². The molecule has 1 saturated heterocycles. The van der Waals surface area contributed by atoms with Crippen LogP contribution in [-0.2, 0) is 6.42 Å². The molecule has 3 aromatic rings. The minimum absolute atomic E-state index is 0.176. The van der Waals surface area contributed by atoms with E-state index in [1.807, 2.05) is 12.1 Å². The summed E-state index contributed by atoms with van der Waals surface area (Å²) in [6.07, 6.45) is 1.02. The third kappa shape index (κ3) is 6.83. The molecule has 0 spiro atoms. The van der Waals surface area contributed by atoms with Crippen LogP contribution in [0.2, 0.25) is 0 Å². The second kappa shape index (κ2) is 11.1. The van der Waals surface area contributed by atoms with E-state index in [2.05, 4.69) is 81.9 Å². The summed E-state index contributed by atoms with van der Waals surface area (Å²) in [6.45, 7) is 3.93. The number of anilines is 1. The lowest BCUT2D eigenvalue weighted by Gasteiger charge is -2.40. The Labute approximate surface area is 183 Å². The molecule has 4 rings (SSSR count). The maximum atomic E-state index is 13.2. The summed E-state index contributed by atoms with van der Waals surface area (Å²) in [5, 5.41) is 6.06. The lowest BCUT2D eigenvalue weighted by molar-refractivity contribution is 0.184. The van der Waals surface area contributed by atoms with E-state index in [9.17, 15) is 4.39 Å². The third-order valence-corrected chi connectivity index (χ3v) is 5.40. The summed E-state index contributed by atoms with van der Waals surface area (Å²) in [5.74, 6) is -0.510. The number of hydrogen-bond acceptors (Lipinski definition) is 3. The van der Waals surface area contributed by atoms with E-state index < -0.39 is 0 Å². The molecule has 0 aliphatic carbocycles. The van der Waals surface area contributed by atoms with Gasteiger partial charge in [-0.2, -0.15) is 0 Å². The number of nitrogens with two attached hydrogens (primary N) is 2. The van der Waals surface area contributed by atoms with Crippen LogP contribution in [0.3, 0.4) is 0 Å². The Morgan fingerprint density at radius 3 is 1.87 bits per heavy atom. The smallest absolute Gasteiger partial charge is 0.183 e. The van der Waals surface area contributed by atoms with Crippen LogP contribution in [-0.4, -0.2) is 37.0 Å². The number of hydrogen-bond donors (Lipinski definition) is 3. The van der Waals surface area contributed by atoms with Gasteiger partial charge < -0.3 is 16.4 Å². The fourth-order valence-corrected chi connectivity index (χ4v) is 3.91. The van der Waals surface area contributed by atoms with Crippen molar-refractivity contribution in [3.8, 4) is 0 Å². The SMILES string of the molecule is Fc1ccc(N2CCN(C(Cc3ccccc3)c3ccccc3)CC2)cc1.N=C(N)N. The summed E-state index contributed by atoms with van der Waals surface area (Å²) >= 11 is 0. The van der Waals surface area contributed by atoms with Crippen molar-refractivity contribution in [2.75, 3.05) is 31.1 Å². The van der Waals surface area contributed by atoms with Gasteiger partial charge in [-0.15, -0.1) is 0 Å². The summed E-state index contributed by atoms with van der Waals surface area (Å²) in [7, 11) is 0. The average molecular weight is 420 g/mol. The molecule has 31 heavy (non-hydrogen) atoms. The summed E-state index contributed by atoms with van der Waals surface area (Å²) in [4.78, 5) is 4.93. The minimum Gasteiger partial charge on any atom is -0.370 e. The first-order valence-electron chi connectivity index (χ1n) is 10.5. The number of guanidine groups is 1. The molecular weight excluding hydrogens is 389 g/mol. The molecule has 5 nitrogen and oxygen atoms in total. The Hall–Kier alpha value is -3.38. The maximum absolute atomic E-state index is 13.2. The molecule has 0 radical (unpaired) electrons. The molecule has 1 fully saturated rings. The Bertz CT molecular complexity index is 919. The van der Waals surface area contributed by atoms with Crippen LogP contribution in [0.1, 0.15) is 17.2 Å². The Kier molecular flexibility index (Phi) is 8.01. The highest BCUT2D eigenvalue weighted by atomic mass is 19.1. The molecule has 1 aliphatic heterocycles. The second-order valence-corrected chi connectivity index (χ2v) is 7.57. The summed E-state index contributed by atoms with van der Waals surface area (Å²) in [5.41, 5.74) is 12.8. The lowest BCUT2D eigenvalue weighted by Crippen LogP contribution is -2.48. The molecule has 0 aromatic heterocycles. The van der Waals surface area contributed by atoms with E-state index in [-0.39, 0.29) is 11.8 Å². The van der Waals surface area contributed by atoms with Crippen LogP contribution in [0.25, 0.3) is 0 Å². The number of rotatable bonds is 5. The first kappa shape index (κ1) is 22.3. The fraction of sp³-hybridized carbons (Fsp3) is 0.240. The predicted molar refractivity (Wildman–Crippen MR) is 126 cm³/mol. The van der Waals surface area contributed by atoms with Gasteiger partial charge in [-0.25, -0.2) is 4.39 Å². The largest absolute Gasteiger partial charge is 0.370 e. The highest BCUT2D eigenvalue weighted by Gasteiger charge is 2.25. The van der Waals surface area contributed by atoms with E-state index in [0.717, 1.165) is 38.3 Å². The van der Waals surface area contributed by atoms with Gasteiger partial charge in [0.2, 0.25) is 0 Å². The van der Waals surface area contributed by atoms with Gasteiger partial charge in [-0.05, 0) is 41.8 Å². The van der Waals surface area contributed by atoms with Gasteiger partial charge in [-0.3, -0.25) is 10.3 Å². The second-order valence-electron chi connectivity index (χ2n) is 7.57. The van der Waals surface area contributed by atoms with E-state index in [0.29, 0.717) is 6.04 Å². The first-order valence-corrected chi connectivity index (χ1v) is 10.5. The monoisotopic (exact) mass is 419 g/mol. The molecule has 5 N–H and O–H groups in total. The number of piperazine rings is 1. The Morgan fingerprint density at radius 2 is 1.32 bits per heavy atom. The fourth-order valence-electron chi connectivity index (χ4n) is 3.91. The molecule has 1 unspecified atom stereocenters. The molecule has 1 heterocycles. The molecule has 3 aromatic carbocycles. The van der Waals surface area contributed by atoms with Crippen LogP contribution in [0.4, 0.5) is 10.1 Å². The number of benzene rings is 3. The summed E-state index contributed by atoms with van der Waals surface area (Å²) in [6, 6.07) is 28.8. The Morgan fingerprint density at radius 1 is 0.806 bits per heavy atom. The van der Waals surface area contributed by atoms with Crippen molar-refractivity contribution in [2.45, 2.75) is 12.5 Å². The standard InChI is InChI=1S/C24H25FN2.CH5N3/c25-22-11-13-23(14-12-22)26-15-17-27(18-16-26)24(21-9-5-2-6-10-21)19-20-7-3-1-4-8-20;2-1(3)4/h1-14,24H,15-19H2;(H5,2,3,4). The zero-order valence-electron chi connectivity index (χ0n) is 17.6. The van der Waals surface area contributed by atoms with Gasteiger partial charge >= 0.3 is 0 Å². The van der Waals surface area contributed by atoms with Crippen molar-refractivity contribution >= 4 is 11.6 Å². The van der Waals surface area contributed by atoms with Crippen molar-refractivity contribution in [3.05, 3.63) is 102 Å². The van der Waals surface area contributed by atoms with Gasteiger partial charge in [-0.1, -0.05) is 60.7 Å². The molecule has 6 heteroatoms. The third-order valence-electron chi connectivity index (χ3n) is 5.40. The zero-order chi connectivity index (χ0) is 22.1. The Balaban J connectivity index is 0.000000628. The van der Waals surface area contributed by atoms with Gasteiger partial charge in [0.15, 0.2) is 5.96 Å². The normalized spacial score (nSPS) is 14.9.